The fraction of sp³-hybridized carbons (Fsp3) is 0.294. The van der Waals surface area contributed by atoms with Crippen molar-refractivity contribution in [3.63, 3.8) is 0 Å². The molecule has 104 valence electrons. The summed E-state index contributed by atoms with van der Waals surface area (Å²) in [6.45, 7) is 1.83. The Morgan fingerprint density at radius 1 is 1.10 bits per heavy atom. The molecule has 0 heterocycles. The van der Waals surface area contributed by atoms with Crippen LogP contribution in [0.3, 0.4) is 0 Å². The molecular formula is C17H18FNO. The molecule has 0 saturated heterocycles. The molecule has 0 aromatic heterocycles. The number of halogens is 1. The van der Waals surface area contributed by atoms with Crippen LogP contribution in [0.4, 0.5) is 4.39 Å². The van der Waals surface area contributed by atoms with Gasteiger partial charge in [-0.15, -0.1) is 0 Å². The van der Waals surface area contributed by atoms with Gasteiger partial charge in [-0.1, -0.05) is 12.1 Å². The molecule has 1 aliphatic rings. The van der Waals surface area contributed by atoms with Crippen molar-refractivity contribution in [2.75, 3.05) is 0 Å². The van der Waals surface area contributed by atoms with Gasteiger partial charge in [0, 0.05) is 6.04 Å². The van der Waals surface area contributed by atoms with Gasteiger partial charge in [0.1, 0.15) is 5.75 Å². The van der Waals surface area contributed by atoms with Crippen LogP contribution in [0.2, 0.25) is 0 Å². The largest absolute Gasteiger partial charge is 0.454 e. The van der Waals surface area contributed by atoms with Crippen LogP contribution in [0.15, 0.2) is 36.4 Å². The molecule has 2 N–H and O–H groups in total. The molecule has 3 heteroatoms. The van der Waals surface area contributed by atoms with Gasteiger partial charge in [-0.05, 0) is 67.1 Å². The van der Waals surface area contributed by atoms with Gasteiger partial charge in [-0.25, -0.2) is 4.39 Å². The summed E-state index contributed by atoms with van der Waals surface area (Å²) >= 11 is 0. The van der Waals surface area contributed by atoms with Gasteiger partial charge in [0.25, 0.3) is 0 Å². The molecule has 1 atom stereocenters. The molecule has 0 fully saturated rings. The van der Waals surface area contributed by atoms with Gasteiger partial charge in [0.05, 0.1) is 0 Å². The lowest BCUT2D eigenvalue weighted by Gasteiger charge is -2.11. The van der Waals surface area contributed by atoms with Crippen LogP contribution in [0, 0.1) is 5.82 Å². The van der Waals surface area contributed by atoms with Crippen molar-refractivity contribution in [2.45, 2.75) is 32.2 Å². The van der Waals surface area contributed by atoms with Gasteiger partial charge in [0.15, 0.2) is 11.6 Å². The van der Waals surface area contributed by atoms with E-state index in [1.165, 1.54) is 23.6 Å². The van der Waals surface area contributed by atoms with Gasteiger partial charge in [-0.3, -0.25) is 0 Å². The minimum atomic E-state index is -0.375. The van der Waals surface area contributed by atoms with Crippen LogP contribution >= 0.6 is 0 Å². The zero-order valence-electron chi connectivity index (χ0n) is 11.5. The highest BCUT2D eigenvalue weighted by molar-refractivity contribution is 5.41. The standard InChI is InChI=1S/C17H18FNO/c1-11(19)13-6-8-17(16(18)10-13)20-15-7-5-12-3-2-4-14(12)9-15/h5-11H,2-4,19H2,1H3. The first-order valence-electron chi connectivity index (χ1n) is 6.98. The average molecular weight is 271 g/mol. The van der Waals surface area contributed by atoms with E-state index in [1.54, 1.807) is 12.1 Å². The van der Waals surface area contributed by atoms with Crippen molar-refractivity contribution in [1.29, 1.82) is 0 Å². The second-order valence-corrected chi connectivity index (χ2v) is 5.36. The number of fused-ring (bicyclic) bond motifs is 1. The molecular weight excluding hydrogens is 253 g/mol. The molecule has 0 saturated carbocycles. The second kappa shape index (κ2) is 5.25. The average Bonchev–Trinajstić information content (AvgIpc) is 2.88. The highest BCUT2D eigenvalue weighted by atomic mass is 19.1. The summed E-state index contributed by atoms with van der Waals surface area (Å²) in [5.41, 5.74) is 9.20. The third kappa shape index (κ3) is 2.54. The number of nitrogens with two attached hydrogens (primary N) is 1. The van der Waals surface area contributed by atoms with Crippen molar-refractivity contribution in [3.05, 3.63) is 58.9 Å². The number of benzene rings is 2. The lowest BCUT2D eigenvalue weighted by molar-refractivity contribution is 0.441. The molecule has 0 aliphatic heterocycles. The Hall–Kier alpha value is -1.87. The molecule has 3 rings (SSSR count). The Labute approximate surface area is 118 Å². The molecule has 0 radical (unpaired) electrons. The number of ether oxygens (including phenoxy) is 1. The molecule has 1 aliphatic carbocycles. The summed E-state index contributed by atoms with van der Waals surface area (Å²) in [7, 11) is 0. The van der Waals surface area contributed by atoms with E-state index in [2.05, 4.69) is 6.07 Å². The number of hydrogen-bond acceptors (Lipinski definition) is 2. The third-order valence-corrected chi connectivity index (χ3v) is 3.78. The Morgan fingerprint density at radius 3 is 2.65 bits per heavy atom. The summed E-state index contributed by atoms with van der Waals surface area (Å²) in [4.78, 5) is 0. The summed E-state index contributed by atoms with van der Waals surface area (Å²) in [5, 5.41) is 0. The van der Waals surface area contributed by atoms with Crippen molar-refractivity contribution >= 4 is 0 Å². The van der Waals surface area contributed by atoms with Crippen LogP contribution in [-0.4, -0.2) is 0 Å². The zero-order valence-corrected chi connectivity index (χ0v) is 11.5. The van der Waals surface area contributed by atoms with Gasteiger partial charge in [-0.2, -0.15) is 0 Å². The van der Waals surface area contributed by atoms with E-state index in [-0.39, 0.29) is 17.6 Å². The number of rotatable bonds is 3. The minimum absolute atomic E-state index is 0.182. The van der Waals surface area contributed by atoms with Gasteiger partial charge in [0.2, 0.25) is 0 Å². The molecule has 0 spiro atoms. The Bertz CT molecular complexity index is 637. The van der Waals surface area contributed by atoms with Crippen LogP contribution < -0.4 is 10.5 Å². The molecule has 20 heavy (non-hydrogen) atoms. The first-order valence-corrected chi connectivity index (χ1v) is 6.98. The monoisotopic (exact) mass is 271 g/mol. The maximum atomic E-state index is 14.0. The maximum Gasteiger partial charge on any atom is 0.166 e. The zero-order chi connectivity index (χ0) is 14.1. The van der Waals surface area contributed by atoms with Gasteiger partial charge >= 0.3 is 0 Å². The third-order valence-electron chi connectivity index (χ3n) is 3.78. The van der Waals surface area contributed by atoms with Crippen LogP contribution in [-0.2, 0) is 12.8 Å². The second-order valence-electron chi connectivity index (χ2n) is 5.36. The van der Waals surface area contributed by atoms with Crippen LogP contribution in [0.25, 0.3) is 0 Å². The molecule has 0 bridgehead atoms. The van der Waals surface area contributed by atoms with E-state index in [0.29, 0.717) is 5.75 Å². The first-order chi connectivity index (χ1) is 9.63. The smallest absolute Gasteiger partial charge is 0.166 e. The van der Waals surface area contributed by atoms with E-state index >= 15 is 0 Å². The summed E-state index contributed by atoms with van der Waals surface area (Å²) in [6.07, 6.45) is 3.40. The predicted octanol–water partition coefficient (Wildman–Crippen LogP) is 4.13. The van der Waals surface area contributed by atoms with Crippen molar-refractivity contribution in [2.24, 2.45) is 5.73 Å². The number of hydrogen-bond donors (Lipinski definition) is 1. The molecule has 2 aromatic carbocycles. The quantitative estimate of drug-likeness (QED) is 0.911. The minimum Gasteiger partial charge on any atom is -0.454 e. The Morgan fingerprint density at radius 2 is 1.90 bits per heavy atom. The van der Waals surface area contributed by atoms with E-state index in [9.17, 15) is 4.39 Å². The van der Waals surface area contributed by atoms with Gasteiger partial charge < -0.3 is 10.5 Å². The van der Waals surface area contributed by atoms with Crippen LogP contribution in [0.1, 0.15) is 36.1 Å². The summed E-state index contributed by atoms with van der Waals surface area (Å²) in [6, 6.07) is 10.7. The van der Waals surface area contributed by atoms with E-state index < -0.39 is 0 Å². The SMILES string of the molecule is CC(N)c1ccc(Oc2ccc3c(c2)CCC3)c(F)c1. The summed E-state index contributed by atoms with van der Waals surface area (Å²) in [5.74, 6) is 0.561. The van der Waals surface area contributed by atoms with Crippen molar-refractivity contribution in [1.82, 2.24) is 0 Å². The van der Waals surface area contributed by atoms with Crippen LogP contribution in [0.5, 0.6) is 11.5 Å². The van der Waals surface area contributed by atoms with Crippen molar-refractivity contribution < 1.29 is 9.13 Å². The molecule has 2 nitrogen and oxygen atoms in total. The van der Waals surface area contributed by atoms with Crippen molar-refractivity contribution in [3.8, 4) is 11.5 Å². The number of aryl methyl sites for hydroxylation is 2. The lowest BCUT2D eigenvalue weighted by Crippen LogP contribution is -2.05. The normalized spacial score (nSPS) is 14.9. The first kappa shape index (κ1) is 13.1. The fourth-order valence-electron chi connectivity index (χ4n) is 2.62. The Kier molecular flexibility index (Phi) is 3.45. The molecule has 1 unspecified atom stereocenters. The summed E-state index contributed by atoms with van der Waals surface area (Å²) < 4.78 is 19.6. The highest BCUT2D eigenvalue weighted by Gasteiger charge is 2.13. The van der Waals surface area contributed by atoms with E-state index in [4.69, 9.17) is 10.5 Å². The predicted molar refractivity (Wildman–Crippen MR) is 77.5 cm³/mol. The maximum absolute atomic E-state index is 14.0. The Balaban J connectivity index is 1.84. The van der Waals surface area contributed by atoms with E-state index in [0.717, 1.165) is 18.4 Å². The fourth-order valence-corrected chi connectivity index (χ4v) is 2.62. The van der Waals surface area contributed by atoms with E-state index in [1.807, 2.05) is 19.1 Å². The topological polar surface area (TPSA) is 35.2 Å². The highest BCUT2D eigenvalue weighted by Crippen LogP contribution is 2.30. The molecule has 2 aromatic rings. The lowest BCUT2D eigenvalue weighted by atomic mass is 10.1. The molecule has 0 amide bonds.